The van der Waals surface area contributed by atoms with Crippen molar-refractivity contribution in [2.75, 3.05) is 25.0 Å². The Labute approximate surface area is 181 Å². The fourth-order valence-electron chi connectivity index (χ4n) is 3.40. The van der Waals surface area contributed by atoms with Gasteiger partial charge in [0.2, 0.25) is 15.9 Å². The van der Waals surface area contributed by atoms with Gasteiger partial charge in [-0.15, -0.1) is 0 Å². The zero-order chi connectivity index (χ0) is 22.4. The molecule has 3 rings (SSSR count). The summed E-state index contributed by atoms with van der Waals surface area (Å²) in [6, 6.07) is 11.5. The van der Waals surface area contributed by atoms with E-state index in [0.717, 1.165) is 0 Å². The minimum Gasteiger partial charge on any atom is -0.339 e. The van der Waals surface area contributed by atoms with Gasteiger partial charge in [-0.2, -0.15) is 0 Å². The van der Waals surface area contributed by atoms with Crippen molar-refractivity contribution < 1.29 is 22.4 Å². The minimum absolute atomic E-state index is 0.145. The molecule has 0 unspecified atom stereocenters. The van der Waals surface area contributed by atoms with E-state index in [2.05, 4.69) is 10.0 Å². The van der Waals surface area contributed by atoms with E-state index in [-0.39, 0.29) is 22.6 Å². The first-order chi connectivity index (χ1) is 14.8. The molecular weight excluding hydrogens is 421 g/mol. The van der Waals surface area contributed by atoms with Gasteiger partial charge in [0.15, 0.2) is 0 Å². The van der Waals surface area contributed by atoms with Crippen LogP contribution in [0.3, 0.4) is 0 Å². The number of carbonyl (C=O) groups is 2. The highest BCUT2D eigenvalue weighted by atomic mass is 32.2. The van der Waals surface area contributed by atoms with Crippen molar-refractivity contribution in [3.05, 3.63) is 59.9 Å². The van der Waals surface area contributed by atoms with Crippen LogP contribution in [0.4, 0.5) is 10.1 Å². The normalized spacial score (nSPS) is 15.0. The second kappa shape index (κ2) is 10.0. The number of carbonyl (C=O) groups excluding carboxylic acids is 2. The first-order valence-corrected chi connectivity index (χ1v) is 11.7. The van der Waals surface area contributed by atoms with Crippen molar-refractivity contribution >= 4 is 27.5 Å². The van der Waals surface area contributed by atoms with Crippen LogP contribution in [0.1, 0.15) is 36.5 Å². The monoisotopic (exact) mass is 447 g/mol. The Morgan fingerprint density at radius 1 is 1.03 bits per heavy atom. The van der Waals surface area contributed by atoms with Crippen LogP contribution in [0.15, 0.2) is 53.4 Å². The molecule has 2 amide bonds. The molecule has 0 radical (unpaired) electrons. The van der Waals surface area contributed by atoms with Gasteiger partial charge < -0.3 is 10.2 Å². The highest BCUT2D eigenvalue weighted by Gasteiger charge is 2.28. The maximum atomic E-state index is 13.0. The van der Waals surface area contributed by atoms with E-state index in [4.69, 9.17) is 0 Å². The zero-order valence-corrected chi connectivity index (χ0v) is 18.1. The average Bonchev–Trinajstić information content (AvgIpc) is 2.78. The van der Waals surface area contributed by atoms with Crippen molar-refractivity contribution in [1.29, 1.82) is 0 Å². The van der Waals surface area contributed by atoms with Gasteiger partial charge in [0.05, 0.1) is 4.90 Å². The highest BCUT2D eigenvalue weighted by Crippen LogP contribution is 2.22. The third-order valence-electron chi connectivity index (χ3n) is 5.22. The molecule has 0 atom stereocenters. The van der Waals surface area contributed by atoms with Gasteiger partial charge in [0, 0.05) is 36.8 Å². The number of sulfonamides is 1. The summed E-state index contributed by atoms with van der Waals surface area (Å²) in [5.74, 6) is -0.970. The topological polar surface area (TPSA) is 95.6 Å². The first kappa shape index (κ1) is 22.9. The Bertz CT molecular complexity index is 1020. The summed E-state index contributed by atoms with van der Waals surface area (Å²) in [6.45, 7) is 3.12. The summed E-state index contributed by atoms with van der Waals surface area (Å²) in [4.78, 5) is 26.9. The fraction of sp³-hybridized carbons (Fsp3) is 0.364. The standard InChI is InChI=1S/C22H26FN3O4S/c1-2-13-24-31(29,30)20-9-7-19(8-10-20)25-21(27)16-11-14-26(15-12-16)22(28)17-3-5-18(23)6-4-17/h3-10,16,24H,2,11-15H2,1H3,(H,25,27). The van der Waals surface area contributed by atoms with E-state index >= 15 is 0 Å². The Morgan fingerprint density at radius 3 is 2.23 bits per heavy atom. The van der Waals surface area contributed by atoms with E-state index in [0.29, 0.717) is 50.1 Å². The molecule has 2 aromatic rings. The molecule has 0 bridgehead atoms. The summed E-state index contributed by atoms with van der Waals surface area (Å²) in [7, 11) is -3.55. The lowest BCUT2D eigenvalue weighted by Crippen LogP contribution is -2.41. The molecule has 1 fully saturated rings. The summed E-state index contributed by atoms with van der Waals surface area (Å²) in [5.41, 5.74) is 0.942. The molecule has 1 saturated heterocycles. The predicted molar refractivity (Wildman–Crippen MR) is 116 cm³/mol. The molecule has 7 nitrogen and oxygen atoms in total. The van der Waals surface area contributed by atoms with Crippen LogP contribution < -0.4 is 10.0 Å². The molecule has 2 aromatic carbocycles. The Hall–Kier alpha value is -2.78. The van der Waals surface area contributed by atoms with Crippen LogP contribution in [0.25, 0.3) is 0 Å². The van der Waals surface area contributed by atoms with E-state index in [1.807, 2.05) is 6.92 Å². The number of nitrogens with zero attached hydrogens (tertiary/aromatic N) is 1. The van der Waals surface area contributed by atoms with E-state index in [1.165, 1.54) is 36.4 Å². The van der Waals surface area contributed by atoms with Crippen molar-refractivity contribution in [2.45, 2.75) is 31.1 Å². The highest BCUT2D eigenvalue weighted by molar-refractivity contribution is 7.89. The number of nitrogens with one attached hydrogen (secondary N) is 2. The second-order valence-corrected chi connectivity index (χ2v) is 9.25. The lowest BCUT2D eigenvalue weighted by Gasteiger charge is -2.31. The van der Waals surface area contributed by atoms with Gasteiger partial charge in [0.1, 0.15) is 5.82 Å². The molecule has 2 N–H and O–H groups in total. The maximum absolute atomic E-state index is 13.0. The largest absolute Gasteiger partial charge is 0.339 e. The maximum Gasteiger partial charge on any atom is 0.253 e. The number of hydrogen-bond acceptors (Lipinski definition) is 4. The van der Waals surface area contributed by atoms with Crippen molar-refractivity contribution in [3.63, 3.8) is 0 Å². The zero-order valence-electron chi connectivity index (χ0n) is 17.3. The molecule has 9 heteroatoms. The number of likely N-dealkylation sites (tertiary alicyclic amines) is 1. The predicted octanol–water partition coefficient (Wildman–Crippen LogP) is 3.00. The van der Waals surface area contributed by atoms with Gasteiger partial charge >= 0.3 is 0 Å². The Balaban J connectivity index is 1.53. The lowest BCUT2D eigenvalue weighted by atomic mass is 9.95. The lowest BCUT2D eigenvalue weighted by molar-refractivity contribution is -0.121. The van der Waals surface area contributed by atoms with Gasteiger partial charge in [-0.3, -0.25) is 9.59 Å². The SMILES string of the molecule is CCCNS(=O)(=O)c1ccc(NC(=O)C2CCN(C(=O)c3ccc(F)cc3)CC2)cc1. The molecule has 0 saturated carbocycles. The quantitative estimate of drug-likeness (QED) is 0.682. The van der Waals surface area contributed by atoms with Crippen LogP contribution in [0.2, 0.25) is 0 Å². The summed E-state index contributed by atoms with van der Waals surface area (Å²) in [5, 5.41) is 2.82. The van der Waals surface area contributed by atoms with Crippen LogP contribution in [-0.4, -0.2) is 44.8 Å². The number of benzene rings is 2. The van der Waals surface area contributed by atoms with Crippen LogP contribution in [0, 0.1) is 11.7 Å². The molecule has 1 aliphatic heterocycles. The average molecular weight is 448 g/mol. The molecule has 0 aliphatic carbocycles. The number of amides is 2. The summed E-state index contributed by atoms with van der Waals surface area (Å²) < 4.78 is 39.8. The Kier molecular flexibility index (Phi) is 7.40. The van der Waals surface area contributed by atoms with Crippen molar-refractivity contribution in [2.24, 2.45) is 5.92 Å². The molecule has 166 valence electrons. The van der Waals surface area contributed by atoms with Crippen molar-refractivity contribution in [1.82, 2.24) is 9.62 Å². The number of halogens is 1. The van der Waals surface area contributed by atoms with Gasteiger partial charge in [0.25, 0.3) is 5.91 Å². The number of hydrogen-bond donors (Lipinski definition) is 2. The van der Waals surface area contributed by atoms with Gasteiger partial charge in [-0.25, -0.2) is 17.5 Å². The molecule has 0 spiro atoms. The van der Waals surface area contributed by atoms with Crippen LogP contribution in [0.5, 0.6) is 0 Å². The minimum atomic E-state index is -3.55. The smallest absolute Gasteiger partial charge is 0.253 e. The number of rotatable bonds is 7. The van der Waals surface area contributed by atoms with E-state index < -0.39 is 15.8 Å². The molecule has 1 aliphatic rings. The second-order valence-electron chi connectivity index (χ2n) is 7.48. The molecule has 31 heavy (non-hydrogen) atoms. The van der Waals surface area contributed by atoms with E-state index in [9.17, 15) is 22.4 Å². The summed E-state index contributed by atoms with van der Waals surface area (Å²) >= 11 is 0. The molecular formula is C22H26FN3O4S. The van der Waals surface area contributed by atoms with Gasteiger partial charge in [-0.05, 0) is 67.8 Å². The number of piperidine rings is 1. The van der Waals surface area contributed by atoms with E-state index in [1.54, 1.807) is 17.0 Å². The third-order valence-corrected chi connectivity index (χ3v) is 6.70. The first-order valence-electron chi connectivity index (χ1n) is 10.3. The van der Waals surface area contributed by atoms with Crippen LogP contribution >= 0.6 is 0 Å². The fourth-order valence-corrected chi connectivity index (χ4v) is 4.54. The third kappa shape index (κ3) is 5.89. The molecule has 1 heterocycles. The Morgan fingerprint density at radius 2 is 1.65 bits per heavy atom. The number of anilines is 1. The van der Waals surface area contributed by atoms with Gasteiger partial charge in [-0.1, -0.05) is 6.92 Å². The van der Waals surface area contributed by atoms with Crippen molar-refractivity contribution in [3.8, 4) is 0 Å². The van der Waals surface area contributed by atoms with Crippen LogP contribution in [-0.2, 0) is 14.8 Å². The summed E-state index contributed by atoms with van der Waals surface area (Å²) in [6.07, 6.45) is 1.74. The molecule has 0 aromatic heterocycles.